The lowest BCUT2D eigenvalue weighted by atomic mass is 10.2. The van der Waals surface area contributed by atoms with E-state index in [1.54, 1.807) is 5.06 Å². The van der Waals surface area contributed by atoms with Crippen molar-refractivity contribution in [3.05, 3.63) is 35.9 Å². The molecule has 74 valence electrons. The smallest absolute Gasteiger partial charge is 0.215 e. The van der Waals surface area contributed by atoms with Crippen LogP contribution in [0.5, 0.6) is 0 Å². The summed E-state index contributed by atoms with van der Waals surface area (Å²) in [7, 11) is 0. The number of guanidine groups is 1. The molecule has 14 heavy (non-hydrogen) atoms. The van der Waals surface area contributed by atoms with Crippen LogP contribution >= 0.6 is 0 Å². The lowest BCUT2D eigenvalue weighted by molar-refractivity contribution is -0.104. The predicted molar refractivity (Wildman–Crippen MR) is 54.4 cm³/mol. The van der Waals surface area contributed by atoms with E-state index >= 15 is 0 Å². The summed E-state index contributed by atoms with van der Waals surface area (Å²) >= 11 is 0. The summed E-state index contributed by atoms with van der Waals surface area (Å²) in [6, 6.07) is 9.99. The lowest BCUT2D eigenvalue weighted by Gasteiger charge is -2.16. The Balaban J connectivity index is 1.86. The molecule has 0 spiro atoms. The first-order valence-corrected chi connectivity index (χ1v) is 4.60. The Hall–Kier alpha value is -1.55. The molecule has 0 aromatic heterocycles. The van der Waals surface area contributed by atoms with Crippen LogP contribution in [-0.2, 0) is 11.4 Å². The molecule has 0 bridgehead atoms. The molecule has 0 radical (unpaired) electrons. The van der Waals surface area contributed by atoms with Crippen molar-refractivity contribution in [2.24, 2.45) is 10.7 Å². The zero-order valence-electron chi connectivity index (χ0n) is 7.89. The molecule has 0 atom stereocenters. The van der Waals surface area contributed by atoms with Gasteiger partial charge >= 0.3 is 0 Å². The first kappa shape index (κ1) is 9.02. The second-order valence-electron chi connectivity index (χ2n) is 3.10. The van der Waals surface area contributed by atoms with Gasteiger partial charge < -0.3 is 5.73 Å². The van der Waals surface area contributed by atoms with Crippen molar-refractivity contribution in [2.45, 2.75) is 6.61 Å². The minimum Gasteiger partial charge on any atom is -0.368 e. The molecule has 0 unspecified atom stereocenters. The number of aliphatic imine (C=N–C) groups is 1. The number of benzene rings is 1. The molecular weight excluding hydrogens is 178 g/mol. The Kier molecular flexibility index (Phi) is 2.65. The normalized spacial score (nSPS) is 15.7. The van der Waals surface area contributed by atoms with Crippen molar-refractivity contribution in [2.75, 3.05) is 13.1 Å². The van der Waals surface area contributed by atoms with Crippen LogP contribution in [0.1, 0.15) is 5.56 Å². The van der Waals surface area contributed by atoms with Gasteiger partial charge in [0.1, 0.15) is 6.61 Å². The molecule has 0 aliphatic carbocycles. The van der Waals surface area contributed by atoms with Gasteiger partial charge in [-0.05, 0) is 5.56 Å². The van der Waals surface area contributed by atoms with E-state index in [2.05, 4.69) is 4.99 Å². The fourth-order valence-electron chi connectivity index (χ4n) is 1.31. The highest BCUT2D eigenvalue weighted by Gasteiger charge is 2.13. The van der Waals surface area contributed by atoms with E-state index < -0.39 is 0 Å². The monoisotopic (exact) mass is 191 g/mol. The molecule has 4 heteroatoms. The molecule has 4 nitrogen and oxygen atoms in total. The number of hydrogen-bond acceptors (Lipinski definition) is 4. The van der Waals surface area contributed by atoms with Crippen molar-refractivity contribution >= 4 is 5.96 Å². The molecule has 0 fully saturated rings. The number of rotatable bonds is 3. The summed E-state index contributed by atoms with van der Waals surface area (Å²) in [4.78, 5) is 9.50. The van der Waals surface area contributed by atoms with Crippen LogP contribution in [-0.4, -0.2) is 24.1 Å². The summed E-state index contributed by atoms with van der Waals surface area (Å²) in [5, 5.41) is 1.63. The molecule has 1 aromatic carbocycles. The fraction of sp³-hybridized carbons (Fsp3) is 0.300. The van der Waals surface area contributed by atoms with Crippen LogP contribution in [0.3, 0.4) is 0 Å². The van der Waals surface area contributed by atoms with Crippen molar-refractivity contribution < 1.29 is 4.84 Å². The predicted octanol–water partition coefficient (Wildman–Crippen LogP) is 0.748. The quantitative estimate of drug-likeness (QED) is 0.767. The number of nitrogens with zero attached hydrogens (tertiary/aromatic N) is 2. The first-order chi connectivity index (χ1) is 6.86. The van der Waals surface area contributed by atoms with Crippen molar-refractivity contribution in [3.8, 4) is 0 Å². The van der Waals surface area contributed by atoms with E-state index in [0.29, 0.717) is 12.6 Å². The average molecular weight is 191 g/mol. The fourth-order valence-corrected chi connectivity index (χ4v) is 1.31. The van der Waals surface area contributed by atoms with Gasteiger partial charge in [-0.25, -0.2) is 10.1 Å². The summed E-state index contributed by atoms with van der Waals surface area (Å²) in [5.41, 5.74) is 6.73. The van der Waals surface area contributed by atoms with Gasteiger partial charge in [0.25, 0.3) is 0 Å². The highest BCUT2D eigenvalue weighted by molar-refractivity contribution is 5.78. The Bertz CT molecular complexity index is 323. The number of hydroxylamine groups is 2. The number of nitrogens with two attached hydrogens (primary N) is 1. The molecule has 1 aliphatic rings. The van der Waals surface area contributed by atoms with Crippen LogP contribution in [0.4, 0.5) is 0 Å². The van der Waals surface area contributed by atoms with E-state index in [1.807, 2.05) is 30.3 Å². The van der Waals surface area contributed by atoms with Crippen LogP contribution in [0.15, 0.2) is 35.3 Å². The Morgan fingerprint density at radius 1 is 1.36 bits per heavy atom. The Labute approximate surface area is 82.9 Å². The zero-order valence-corrected chi connectivity index (χ0v) is 7.89. The van der Waals surface area contributed by atoms with Gasteiger partial charge in [0.05, 0.1) is 13.1 Å². The van der Waals surface area contributed by atoms with Crippen LogP contribution in [0, 0.1) is 0 Å². The van der Waals surface area contributed by atoms with Gasteiger partial charge in [0.2, 0.25) is 5.96 Å². The van der Waals surface area contributed by atoms with Crippen molar-refractivity contribution in [1.82, 2.24) is 5.06 Å². The van der Waals surface area contributed by atoms with Gasteiger partial charge in [-0.1, -0.05) is 30.3 Å². The van der Waals surface area contributed by atoms with E-state index in [1.165, 1.54) is 0 Å². The molecule has 2 N–H and O–H groups in total. The SMILES string of the molecule is NC1=NCCN1OCc1ccccc1. The second-order valence-corrected chi connectivity index (χ2v) is 3.10. The molecule has 0 saturated carbocycles. The Morgan fingerprint density at radius 3 is 2.79 bits per heavy atom. The molecule has 1 aromatic rings. The van der Waals surface area contributed by atoms with E-state index in [0.717, 1.165) is 18.7 Å². The third-order valence-electron chi connectivity index (χ3n) is 2.06. The molecule has 1 heterocycles. The maximum atomic E-state index is 5.59. The average Bonchev–Trinajstić information content (AvgIpc) is 2.63. The van der Waals surface area contributed by atoms with Crippen molar-refractivity contribution in [1.29, 1.82) is 0 Å². The summed E-state index contributed by atoms with van der Waals surface area (Å²) in [6.45, 7) is 2.01. The highest BCUT2D eigenvalue weighted by Crippen LogP contribution is 2.05. The summed E-state index contributed by atoms with van der Waals surface area (Å²) in [6.07, 6.45) is 0. The van der Waals surface area contributed by atoms with Gasteiger partial charge in [0.15, 0.2) is 0 Å². The summed E-state index contributed by atoms with van der Waals surface area (Å²) in [5.74, 6) is 0.473. The first-order valence-electron chi connectivity index (χ1n) is 4.60. The van der Waals surface area contributed by atoms with Crippen LogP contribution < -0.4 is 5.73 Å². The standard InChI is InChI=1S/C10H13N3O/c11-10-12-6-7-13(10)14-8-9-4-2-1-3-5-9/h1-5H,6-8H2,(H2,11,12). The van der Waals surface area contributed by atoms with Crippen molar-refractivity contribution in [3.63, 3.8) is 0 Å². The molecule has 0 saturated heterocycles. The highest BCUT2D eigenvalue weighted by atomic mass is 16.7. The van der Waals surface area contributed by atoms with E-state index in [9.17, 15) is 0 Å². The molecular formula is C10H13N3O. The maximum Gasteiger partial charge on any atom is 0.215 e. The second kappa shape index (κ2) is 4.11. The van der Waals surface area contributed by atoms with Crippen LogP contribution in [0.2, 0.25) is 0 Å². The van der Waals surface area contributed by atoms with Gasteiger partial charge in [0, 0.05) is 0 Å². The summed E-state index contributed by atoms with van der Waals surface area (Å²) < 4.78 is 0. The van der Waals surface area contributed by atoms with E-state index in [4.69, 9.17) is 10.6 Å². The zero-order chi connectivity index (χ0) is 9.80. The third-order valence-corrected chi connectivity index (χ3v) is 2.06. The molecule has 0 amide bonds. The molecule has 1 aliphatic heterocycles. The largest absolute Gasteiger partial charge is 0.368 e. The minimum absolute atomic E-state index is 0.473. The minimum atomic E-state index is 0.473. The number of hydrogen-bond donors (Lipinski definition) is 1. The van der Waals surface area contributed by atoms with Gasteiger partial charge in [-0.15, -0.1) is 0 Å². The van der Waals surface area contributed by atoms with Gasteiger partial charge in [-0.2, -0.15) is 0 Å². The third kappa shape index (κ3) is 2.03. The van der Waals surface area contributed by atoms with E-state index in [-0.39, 0.29) is 0 Å². The Morgan fingerprint density at radius 2 is 2.14 bits per heavy atom. The van der Waals surface area contributed by atoms with Gasteiger partial charge in [-0.3, -0.25) is 4.84 Å². The molecule has 2 rings (SSSR count). The van der Waals surface area contributed by atoms with Crippen LogP contribution in [0.25, 0.3) is 0 Å². The topological polar surface area (TPSA) is 50.8 Å². The maximum absolute atomic E-state index is 5.59. The lowest BCUT2D eigenvalue weighted by Crippen LogP contribution is -2.33.